The maximum atomic E-state index is 5.09. The fourth-order valence-electron chi connectivity index (χ4n) is 1.89. The van der Waals surface area contributed by atoms with Crippen molar-refractivity contribution in [2.24, 2.45) is 4.99 Å². The Labute approximate surface area is 141 Å². The average Bonchev–Trinajstić information content (AvgIpc) is 2.87. The molecular formula is C13H21IN6O. The van der Waals surface area contributed by atoms with Crippen LogP contribution >= 0.6 is 24.0 Å². The van der Waals surface area contributed by atoms with E-state index >= 15 is 0 Å². The standard InChI is InChI=1S/C13H20N6O.HI/c1-10(9-20-3)16-13(14-2)15-8-12-18-17-11-6-4-5-7-19(11)12;/h4-7,10H,8-9H2,1-3H3,(H2,14,15,16);1H. The Balaban J connectivity index is 0.00000220. The van der Waals surface area contributed by atoms with Crippen molar-refractivity contribution >= 4 is 35.6 Å². The molecule has 8 heteroatoms. The third kappa shape index (κ3) is 4.81. The van der Waals surface area contributed by atoms with Crippen LogP contribution in [0.15, 0.2) is 29.4 Å². The minimum atomic E-state index is 0. The van der Waals surface area contributed by atoms with Crippen molar-refractivity contribution in [3.63, 3.8) is 0 Å². The second kappa shape index (κ2) is 8.78. The Morgan fingerprint density at radius 3 is 2.95 bits per heavy atom. The van der Waals surface area contributed by atoms with Crippen LogP contribution in [0.25, 0.3) is 5.65 Å². The molecular weight excluding hydrogens is 383 g/mol. The summed E-state index contributed by atoms with van der Waals surface area (Å²) in [6.45, 7) is 3.20. The number of rotatable bonds is 5. The van der Waals surface area contributed by atoms with Crippen molar-refractivity contribution in [2.45, 2.75) is 19.5 Å². The molecule has 1 atom stereocenters. The van der Waals surface area contributed by atoms with E-state index in [-0.39, 0.29) is 30.0 Å². The van der Waals surface area contributed by atoms with Crippen LogP contribution in [0.1, 0.15) is 12.7 Å². The van der Waals surface area contributed by atoms with Gasteiger partial charge in [0.25, 0.3) is 0 Å². The van der Waals surface area contributed by atoms with E-state index in [2.05, 4.69) is 25.8 Å². The molecule has 1 unspecified atom stereocenters. The maximum absolute atomic E-state index is 5.09. The molecule has 116 valence electrons. The van der Waals surface area contributed by atoms with Gasteiger partial charge in [-0.2, -0.15) is 0 Å². The van der Waals surface area contributed by atoms with Crippen LogP contribution in [0, 0.1) is 0 Å². The molecule has 21 heavy (non-hydrogen) atoms. The monoisotopic (exact) mass is 404 g/mol. The first-order valence-corrected chi connectivity index (χ1v) is 6.49. The lowest BCUT2D eigenvalue weighted by Gasteiger charge is -2.16. The van der Waals surface area contributed by atoms with Crippen LogP contribution in [0.4, 0.5) is 0 Å². The molecule has 2 heterocycles. The molecule has 0 amide bonds. The molecule has 2 aromatic rings. The van der Waals surface area contributed by atoms with Gasteiger partial charge in [0, 0.05) is 26.4 Å². The van der Waals surface area contributed by atoms with E-state index in [1.54, 1.807) is 14.2 Å². The zero-order valence-electron chi connectivity index (χ0n) is 12.4. The first kappa shape index (κ1) is 17.6. The number of pyridine rings is 1. The summed E-state index contributed by atoms with van der Waals surface area (Å²) in [4.78, 5) is 4.17. The summed E-state index contributed by atoms with van der Waals surface area (Å²) in [6.07, 6.45) is 1.94. The zero-order valence-corrected chi connectivity index (χ0v) is 14.7. The lowest BCUT2D eigenvalue weighted by atomic mass is 10.4. The quantitative estimate of drug-likeness (QED) is 0.443. The summed E-state index contributed by atoms with van der Waals surface area (Å²) in [5.41, 5.74) is 0.833. The number of guanidine groups is 1. The molecule has 0 aliphatic heterocycles. The number of hydrogen-bond donors (Lipinski definition) is 2. The number of nitrogens with zero attached hydrogens (tertiary/aromatic N) is 4. The molecule has 2 rings (SSSR count). The Bertz CT molecular complexity index is 585. The Hall–Kier alpha value is -1.42. The van der Waals surface area contributed by atoms with Crippen LogP contribution < -0.4 is 10.6 Å². The third-order valence-electron chi connectivity index (χ3n) is 2.82. The lowest BCUT2D eigenvalue weighted by molar-refractivity contribution is 0.179. The van der Waals surface area contributed by atoms with Gasteiger partial charge in [-0.05, 0) is 19.1 Å². The summed E-state index contributed by atoms with van der Waals surface area (Å²) >= 11 is 0. The van der Waals surface area contributed by atoms with Crippen molar-refractivity contribution in [1.29, 1.82) is 0 Å². The van der Waals surface area contributed by atoms with Gasteiger partial charge in [-0.1, -0.05) is 6.07 Å². The van der Waals surface area contributed by atoms with Gasteiger partial charge in [0.15, 0.2) is 17.4 Å². The predicted octanol–water partition coefficient (Wildman–Crippen LogP) is 1.05. The van der Waals surface area contributed by atoms with Crippen molar-refractivity contribution in [1.82, 2.24) is 25.2 Å². The van der Waals surface area contributed by atoms with E-state index in [9.17, 15) is 0 Å². The SMILES string of the molecule is CN=C(NCc1nnc2ccccn12)NC(C)COC.I. The first-order valence-electron chi connectivity index (χ1n) is 6.49. The molecule has 0 saturated carbocycles. The smallest absolute Gasteiger partial charge is 0.191 e. The molecule has 2 N–H and O–H groups in total. The van der Waals surface area contributed by atoms with Gasteiger partial charge in [0.1, 0.15) is 0 Å². The normalized spacial score (nSPS) is 12.8. The maximum Gasteiger partial charge on any atom is 0.191 e. The Morgan fingerprint density at radius 2 is 2.24 bits per heavy atom. The largest absolute Gasteiger partial charge is 0.383 e. The number of ether oxygens (including phenoxy) is 1. The highest BCUT2D eigenvalue weighted by molar-refractivity contribution is 14.0. The second-order valence-electron chi connectivity index (χ2n) is 4.47. The number of methoxy groups -OCH3 is 1. The van der Waals surface area contributed by atoms with Gasteiger partial charge in [0.05, 0.1) is 13.2 Å². The van der Waals surface area contributed by atoms with Crippen molar-refractivity contribution < 1.29 is 4.74 Å². The molecule has 0 saturated heterocycles. The minimum Gasteiger partial charge on any atom is -0.383 e. The van der Waals surface area contributed by atoms with Gasteiger partial charge in [-0.3, -0.25) is 9.39 Å². The van der Waals surface area contributed by atoms with Crippen LogP contribution in [-0.2, 0) is 11.3 Å². The molecule has 0 spiro atoms. The van der Waals surface area contributed by atoms with Gasteiger partial charge in [0.2, 0.25) is 0 Å². The molecule has 7 nitrogen and oxygen atoms in total. The van der Waals surface area contributed by atoms with E-state index in [1.807, 2.05) is 35.7 Å². The summed E-state index contributed by atoms with van der Waals surface area (Å²) in [6, 6.07) is 5.99. The minimum absolute atomic E-state index is 0. The molecule has 2 aromatic heterocycles. The summed E-state index contributed by atoms with van der Waals surface area (Å²) in [7, 11) is 3.41. The highest BCUT2D eigenvalue weighted by Gasteiger charge is 2.07. The summed E-state index contributed by atoms with van der Waals surface area (Å²) < 4.78 is 7.03. The second-order valence-corrected chi connectivity index (χ2v) is 4.47. The number of nitrogens with one attached hydrogen (secondary N) is 2. The highest BCUT2D eigenvalue weighted by atomic mass is 127. The molecule has 0 radical (unpaired) electrons. The highest BCUT2D eigenvalue weighted by Crippen LogP contribution is 2.02. The van der Waals surface area contributed by atoms with Gasteiger partial charge < -0.3 is 15.4 Å². The summed E-state index contributed by atoms with van der Waals surface area (Å²) in [5.74, 6) is 1.55. The van der Waals surface area contributed by atoms with Crippen LogP contribution in [0.3, 0.4) is 0 Å². The summed E-state index contributed by atoms with van der Waals surface area (Å²) in [5, 5.41) is 14.7. The molecule has 0 aromatic carbocycles. The predicted molar refractivity (Wildman–Crippen MR) is 93.1 cm³/mol. The van der Waals surface area contributed by atoms with Crippen LogP contribution in [0.2, 0.25) is 0 Å². The molecule has 0 aliphatic rings. The van der Waals surface area contributed by atoms with Crippen LogP contribution in [-0.4, -0.2) is 47.4 Å². The van der Waals surface area contributed by atoms with E-state index in [0.717, 1.165) is 11.5 Å². The van der Waals surface area contributed by atoms with Crippen molar-refractivity contribution in [2.75, 3.05) is 20.8 Å². The van der Waals surface area contributed by atoms with Crippen molar-refractivity contribution in [3.05, 3.63) is 30.2 Å². The number of aromatic nitrogens is 3. The van der Waals surface area contributed by atoms with Gasteiger partial charge in [-0.15, -0.1) is 34.2 Å². The van der Waals surface area contributed by atoms with Gasteiger partial charge >= 0.3 is 0 Å². The van der Waals surface area contributed by atoms with E-state index in [0.29, 0.717) is 19.1 Å². The number of aliphatic imine (C=N–C) groups is 1. The third-order valence-corrected chi connectivity index (χ3v) is 2.82. The fraction of sp³-hybridized carbons (Fsp3) is 0.462. The van der Waals surface area contributed by atoms with E-state index in [4.69, 9.17) is 4.74 Å². The number of fused-ring (bicyclic) bond motifs is 1. The van der Waals surface area contributed by atoms with Crippen molar-refractivity contribution in [3.8, 4) is 0 Å². The molecule has 0 aliphatic carbocycles. The van der Waals surface area contributed by atoms with E-state index < -0.39 is 0 Å². The number of hydrogen-bond acceptors (Lipinski definition) is 4. The molecule has 0 bridgehead atoms. The first-order chi connectivity index (χ1) is 9.74. The van der Waals surface area contributed by atoms with Gasteiger partial charge in [-0.25, -0.2) is 0 Å². The Morgan fingerprint density at radius 1 is 1.43 bits per heavy atom. The van der Waals surface area contributed by atoms with E-state index in [1.165, 1.54) is 0 Å². The fourth-order valence-corrected chi connectivity index (χ4v) is 1.89. The number of halogens is 1. The Kier molecular flexibility index (Phi) is 7.37. The zero-order chi connectivity index (χ0) is 14.4. The average molecular weight is 404 g/mol. The topological polar surface area (TPSA) is 75.8 Å². The molecule has 0 fully saturated rings. The van der Waals surface area contributed by atoms with Crippen LogP contribution in [0.5, 0.6) is 0 Å². The lowest BCUT2D eigenvalue weighted by Crippen LogP contribution is -2.43.